The number of carbonyl (C=O) groups is 1. The third-order valence-corrected chi connectivity index (χ3v) is 3.52. The molecule has 1 heterocycles. The number of nitrogens with zero attached hydrogens (tertiary/aromatic N) is 1. The third kappa shape index (κ3) is 2.73. The highest BCUT2D eigenvalue weighted by Crippen LogP contribution is 2.29. The van der Waals surface area contributed by atoms with Crippen LogP contribution in [0.15, 0.2) is 24.3 Å². The molecule has 1 aromatic rings. The van der Waals surface area contributed by atoms with E-state index in [4.69, 9.17) is 10.5 Å². The van der Waals surface area contributed by atoms with E-state index in [1.54, 1.807) is 4.90 Å². The van der Waals surface area contributed by atoms with Gasteiger partial charge in [-0.3, -0.25) is 4.90 Å². The summed E-state index contributed by atoms with van der Waals surface area (Å²) in [6, 6.07) is 8.04. The molecule has 1 amide bonds. The van der Waals surface area contributed by atoms with Gasteiger partial charge in [-0.25, -0.2) is 4.79 Å². The van der Waals surface area contributed by atoms with Crippen molar-refractivity contribution < 1.29 is 9.53 Å². The second-order valence-corrected chi connectivity index (χ2v) is 6.41. The first kappa shape index (κ1) is 13.9. The van der Waals surface area contributed by atoms with Crippen LogP contribution in [0.5, 0.6) is 0 Å². The molecule has 4 heteroatoms. The summed E-state index contributed by atoms with van der Waals surface area (Å²) in [7, 11) is 0. The minimum absolute atomic E-state index is 0.107. The first-order valence-corrected chi connectivity index (χ1v) is 6.56. The highest BCUT2D eigenvalue weighted by molar-refractivity contribution is 5.90. The van der Waals surface area contributed by atoms with Crippen molar-refractivity contribution in [1.29, 1.82) is 0 Å². The molecule has 2 N–H and O–H groups in total. The van der Waals surface area contributed by atoms with E-state index >= 15 is 0 Å². The summed E-state index contributed by atoms with van der Waals surface area (Å²) in [6.07, 6.45) is -0.323. The molecule has 0 bridgehead atoms. The number of cyclic esters (lactones) is 1. The fourth-order valence-corrected chi connectivity index (χ4v) is 2.14. The molecule has 0 aromatic heterocycles. The molecule has 1 atom stereocenters. The maximum atomic E-state index is 11.9. The zero-order valence-electron chi connectivity index (χ0n) is 12.1. The Morgan fingerprint density at radius 2 is 1.89 bits per heavy atom. The van der Waals surface area contributed by atoms with Crippen molar-refractivity contribution in [3.05, 3.63) is 29.8 Å². The van der Waals surface area contributed by atoms with Gasteiger partial charge in [-0.05, 0) is 30.0 Å². The number of benzene rings is 1. The van der Waals surface area contributed by atoms with E-state index in [2.05, 4.69) is 32.9 Å². The van der Waals surface area contributed by atoms with Crippen LogP contribution in [-0.4, -0.2) is 24.8 Å². The molecule has 4 nitrogen and oxygen atoms in total. The van der Waals surface area contributed by atoms with Crippen molar-refractivity contribution in [2.24, 2.45) is 5.73 Å². The van der Waals surface area contributed by atoms with Crippen molar-refractivity contribution in [3.63, 3.8) is 0 Å². The van der Waals surface area contributed by atoms with Crippen molar-refractivity contribution >= 4 is 11.8 Å². The Kier molecular flexibility index (Phi) is 3.31. The Balaban J connectivity index is 2.22. The highest BCUT2D eigenvalue weighted by Gasteiger charge is 2.41. The molecular weight excluding hydrogens is 240 g/mol. The quantitative estimate of drug-likeness (QED) is 0.891. The first-order valence-electron chi connectivity index (χ1n) is 6.56. The number of amides is 1. The maximum absolute atomic E-state index is 11.9. The zero-order valence-corrected chi connectivity index (χ0v) is 12.1. The Morgan fingerprint density at radius 1 is 1.32 bits per heavy atom. The number of hydrogen-bond acceptors (Lipinski definition) is 3. The summed E-state index contributed by atoms with van der Waals surface area (Å²) < 4.78 is 5.32. The van der Waals surface area contributed by atoms with Gasteiger partial charge >= 0.3 is 6.09 Å². The standard InChI is InChI=1S/C15H22N2O2/c1-14(2,3)11-5-7-12(8-6-11)17-10-15(4,9-16)19-13(17)18/h5-8H,9-10,16H2,1-4H3. The SMILES string of the molecule is CC1(CN)CN(c2ccc(C(C)(C)C)cc2)C(=O)O1. The van der Waals surface area contributed by atoms with Gasteiger partial charge in [0.2, 0.25) is 0 Å². The van der Waals surface area contributed by atoms with Crippen LogP contribution in [0.4, 0.5) is 10.5 Å². The van der Waals surface area contributed by atoms with Gasteiger partial charge in [0, 0.05) is 12.2 Å². The molecule has 2 rings (SSSR count). The van der Waals surface area contributed by atoms with Crippen LogP contribution in [0.2, 0.25) is 0 Å². The molecule has 1 aliphatic heterocycles. The average Bonchev–Trinajstić information content (AvgIpc) is 2.65. The van der Waals surface area contributed by atoms with Gasteiger partial charge in [0.25, 0.3) is 0 Å². The van der Waals surface area contributed by atoms with Crippen molar-refractivity contribution in [2.75, 3.05) is 18.0 Å². The number of hydrogen-bond donors (Lipinski definition) is 1. The molecule has 1 saturated heterocycles. The third-order valence-electron chi connectivity index (χ3n) is 3.52. The number of carbonyl (C=O) groups excluding carboxylic acids is 1. The van der Waals surface area contributed by atoms with Gasteiger partial charge in [0.05, 0.1) is 6.54 Å². The van der Waals surface area contributed by atoms with Gasteiger partial charge in [-0.1, -0.05) is 32.9 Å². The molecular formula is C15H22N2O2. The molecule has 1 fully saturated rings. The maximum Gasteiger partial charge on any atom is 0.415 e. The smallest absolute Gasteiger partial charge is 0.415 e. The minimum Gasteiger partial charge on any atom is -0.440 e. The number of nitrogens with two attached hydrogens (primary N) is 1. The van der Waals surface area contributed by atoms with Crippen molar-refractivity contribution in [2.45, 2.75) is 38.7 Å². The largest absolute Gasteiger partial charge is 0.440 e. The molecule has 1 unspecified atom stereocenters. The average molecular weight is 262 g/mol. The van der Waals surface area contributed by atoms with Crippen LogP contribution in [0.3, 0.4) is 0 Å². The van der Waals surface area contributed by atoms with Gasteiger partial charge < -0.3 is 10.5 Å². The van der Waals surface area contributed by atoms with E-state index in [0.29, 0.717) is 13.1 Å². The summed E-state index contributed by atoms with van der Waals surface area (Å²) >= 11 is 0. The van der Waals surface area contributed by atoms with E-state index < -0.39 is 5.60 Å². The highest BCUT2D eigenvalue weighted by atomic mass is 16.6. The van der Waals surface area contributed by atoms with Crippen LogP contribution in [0.1, 0.15) is 33.3 Å². The summed E-state index contributed by atoms with van der Waals surface area (Å²) in [4.78, 5) is 13.5. The van der Waals surface area contributed by atoms with Gasteiger partial charge in [0.1, 0.15) is 5.60 Å². The summed E-state index contributed by atoms with van der Waals surface area (Å²) in [5, 5.41) is 0. The summed E-state index contributed by atoms with van der Waals surface area (Å²) in [5.41, 5.74) is 7.27. The molecule has 0 spiro atoms. The van der Waals surface area contributed by atoms with Crippen LogP contribution in [0, 0.1) is 0 Å². The minimum atomic E-state index is -0.584. The topological polar surface area (TPSA) is 55.6 Å². The van der Waals surface area contributed by atoms with Gasteiger partial charge in [0.15, 0.2) is 0 Å². The molecule has 0 aliphatic carbocycles. The number of ether oxygens (including phenoxy) is 1. The van der Waals surface area contributed by atoms with Crippen molar-refractivity contribution in [3.8, 4) is 0 Å². The molecule has 1 aromatic carbocycles. The van der Waals surface area contributed by atoms with E-state index in [-0.39, 0.29) is 11.5 Å². The van der Waals surface area contributed by atoms with Crippen LogP contribution in [-0.2, 0) is 10.2 Å². The first-order chi connectivity index (χ1) is 8.75. The predicted molar refractivity (Wildman–Crippen MR) is 76.4 cm³/mol. The Hall–Kier alpha value is -1.55. The second kappa shape index (κ2) is 4.53. The Morgan fingerprint density at radius 3 is 2.32 bits per heavy atom. The monoisotopic (exact) mass is 262 g/mol. The van der Waals surface area contributed by atoms with E-state index in [1.807, 2.05) is 19.1 Å². The normalized spacial score (nSPS) is 23.6. The summed E-state index contributed by atoms with van der Waals surface area (Å²) in [6.45, 7) is 9.17. The van der Waals surface area contributed by atoms with E-state index in [0.717, 1.165) is 5.69 Å². The number of anilines is 1. The molecule has 1 aliphatic rings. The number of rotatable bonds is 2. The lowest BCUT2D eigenvalue weighted by Gasteiger charge is -2.21. The van der Waals surface area contributed by atoms with Gasteiger partial charge in [-0.2, -0.15) is 0 Å². The summed E-state index contributed by atoms with van der Waals surface area (Å²) in [5.74, 6) is 0. The Bertz CT molecular complexity index is 476. The lowest BCUT2D eigenvalue weighted by Crippen LogP contribution is -2.38. The molecule has 0 saturated carbocycles. The van der Waals surface area contributed by atoms with Crippen LogP contribution < -0.4 is 10.6 Å². The lowest BCUT2D eigenvalue weighted by molar-refractivity contribution is 0.0789. The van der Waals surface area contributed by atoms with E-state index in [1.165, 1.54) is 5.56 Å². The fraction of sp³-hybridized carbons (Fsp3) is 0.533. The lowest BCUT2D eigenvalue weighted by atomic mass is 9.87. The predicted octanol–water partition coefficient (Wildman–Crippen LogP) is 2.66. The fourth-order valence-electron chi connectivity index (χ4n) is 2.14. The second-order valence-electron chi connectivity index (χ2n) is 6.41. The van der Waals surface area contributed by atoms with Gasteiger partial charge in [-0.15, -0.1) is 0 Å². The Labute approximate surface area is 114 Å². The van der Waals surface area contributed by atoms with E-state index in [9.17, 15) is 4.79 Å². The van der Waals surface area contributed by atoms with Crippen LogP contribution >= 0.6 is 0 Å². The molecule has 0 radical (unpaired) electrons. The molecule has 104 valence electrons. The van der Waals surface area contributed by atoms with Crippen molar-refractivity contribution in [1.82, 2.24) is 0 Å². The van der Waals surface area contributed by atoms with Crippen LogP contribution in [0.25, 0.3) is 0 Å². The zero-order chi connectivity index (χ0) is 14.3. The molecule has 19 heavy (non-hydrogen) atoms.